The number of rotatable bonds is 7. The number of ether oxygens (including phenoxy) is 1. The Morgan fingerprint density at radius 1 is 1.25 bits per heavy atom. The number of nitrogens with zero attached hydrogens (tertiary/aromatic N) is 4. The highest BCUT2D eigenvalue weighted by molar-refractivity contribution is 5.97. The molecule has 2 fully saturated rings. The Kier molecular flexibility index (Phi) is 7.12. The Balaban J connectivity index is 1.59. The van der Waals surface area contributed by atoms with Gasteiger partial charge in [-0.3, -0.25) is 23.7 Å². The fraction of sp³-hybridized carbons (Fsp3) is 0.565. The molecule has 1 aliphatic carbocycles. The maximum Gasteiger partial charge on any atom is 0.522 e. The number of fused-ring (bicyclic) bond motifs is 1. The molecule has 2 aromatic heterocycles. The van der Waals surface area contributed by atoms with E-state index >= 15 is 0 Å². The SMILES string of the molecule is CC(C)Cn1c(O)c(C(=O)NC2CC2)c(=O)n2ncc(/C=C/C(=O)N3CCC(OC(F)(F)F)CC3)c12. The molecule has 196 valence electrons. The predicted molar refractivity (Wildman–Crippen MR) is 122 cm³/mol. The van der Waals surface area contributed by atoms with E-state index in [0.717, 1.165) is 17.4 Å². The minimum absolute atomic E-state index is 0.0160. The zero-order valence-electron chi connectivity index (χ0n) is 19.9. The van der Waals surface area contributed by atoms with Crippen molar-refractivity contribution in [2.45, 2.75) is 64.6 Å². The van der Waals surface area contributed by atoms with Gasteiger partial charge in [-0.25, -0.2) is 0 Å². The van der Waals surface area contributed by atoms with Gasteiger partial charge in [0.2, 0.25) is 11.8 Å². The highest BCUT2D eigenvalue weighted by Gasteiger charge is 2.35. The Morgan fingerprint density at radius 3 is 2.50 bits per heavy atom. The van der Waals surface area contributed by atoms with Crippen LogP contribution in [0.2, 0.25) is 0 Å². The van der Waals surface area contributed by atoms with Gasteiger partial charge in [-0.1, -0.05) is 13.8 Å². The molecule has 0 radical (unpaired) electrons. The van der Waals surface area contributed by atoms with Crippen molar-refractivity contribution in [1.82, 2.24) is 24.4 Å². The number of amides is 2. The summed E-state index contributed by atoms with van der Waals surface area (Å²) in [4.78, 5) is 39.8. The van der Waals surface area contributed by atoms with Crippen molar-refractivity contribution < 1.29 is 32.6 Å². The van der Waals surface area contributed by atoms with Crippen LogP contribution in [0.4, 0.5) is 13.2 Å². The lowest BCUT2D eigenvalue weighted by Crippen LogP contribution is -2.41. The highest BCUT2D eigenvalue weighted by atomic mass is 19.4. The van der Waals surface area contributed by atoms with Crippen LogP contribution in [0.5, 0.6) is 5.88 Å². The van der Waals surface area contributed by atoms with Crippen molar-refractivity contribution >= 4 is 23.5 Å². The van der Waals surface area contributed by atoms with E-state index in [1.165, 1.54) is 27.8 Å². The van der Waals surface area contributed by atoms with E-state index in [1.807, 2.05) is 13.8 Å². The van der Waals surface area contributed by atoms with E-state index in [0.29, 0.717) is 5.56 Å². The van der Waals surface area contributed by atoms with Gasteiger partial charge in [0, 0.05) is 37.3 Å². The number of nitrogens with one attached hydrogen (secondary N) is 1. The monoisotopic (exact) mass is 511 g/mol. The zero-order chi connectivity index (χ0) is 26.2. The summed E-state index contributed by atoms with van der Waals surface area (Å²) >= 11 is 0. The van der Waals surface area contributed by atoms with Crippen LogP contribution in [0.1, 0.15) is 55.5 Å². The van der Waals surface area contributed by atoms with E-state index in [-0.39, 0.29) is 50.1 Å². The highest BCUT2D eigenvalue weighted by Crippen LogP contribution is 2.26. The third kappa shape index (κ3) is 5.72. The predicted octanol–water partition coefficient (Wildman–Crippen LogP) is 2.29. The maximum absolute atomic E-state index is 13.0. The number of hydrogen-bond donors (Lipinski definition) is 2. The van der Waals surface area contributed by atoms with Gasteiger partial charge in [-0.2, -0.15) is 9.61 Å². The first-order valence-electron chi connectivity index (χ1n) is 11.8. The Bertz CT molecular complexity index is 1240. The molecule has 0 unspecified atom stereocenters. The number of aromatic nitrogens is 3. The molecule has 2 N–H and O–H groups in total. The third-order valence-electron chi connectivity index (χ3n) is 6.06. The van der Waals surface area contributed by atoms with Crippen molar-refractivity contribution in [3.63, 3.8) is 0 Å². The van der Waals surface area contributed by atoms with Gasteiger partial charge in [0.25, 0.3) is 11.5 Å². The van der Waals surface area contributed by atoms with E-state index in [1.54, 1.807) is 0 Å². The number of carbonyl (C=O) groups excluding carboxylic acids is 2. The molecule has 2 amide bonds. The molecule has 0 atom stereocenters. The summed E-state index contributed by atoms with van der Waals surface area (Å²) in [5, 5.41) is 17.7. The summed E-state index contributed by atoms with van der Waals surface area (Å²) < 4.78 is 43.7. The number of aromatic hydroxyl groups is 1. The second-order valence-corrected chi connectivity index (χ2v) is 9.51. The average molecular weight is 512 g/mol. The van der Waals surface area contributed by atoms with Crippen LogP contribution in [0.25, 0.3) is 11.7 Å². The molecule has 36 heavy (non-hydrogen) atoms. The second-order valence-electron chi connectivity index (χ2n) is 9.51. The van der Waals surface area contributed by atoms with Crippen molar-refractivity contribution in [2.24, 2.45) is 5.92 Å². The van der Waals surface area contributed by atoms with Crippen LogP contribution in [0.3, 0.4) is 0 Å². The minimum Gasteiger partial charge on any atom is -0.494 e. The van der Waals surface area contributed by atoms with Gasteiger partial charge in [0.1, 0.15) is 5.65 Å². The Hall–Kier alpha value is -3.35. The molecule has 1 saturated heterocycles. The van der Waals surface area contributed by atoms with Crippen molar-refractivity contribution in [1.29, 1.82) is 0 Å². The second kappa shape index (κ2) is 9.96. The lowest BCUT2D eigenvalue weighted by Gasteiger charge is -2.31. The normalized spacial score (nSPS) is 17.4. The molecular weight excluding hydrogens is 483 g/mol. The summed E-state index contributed by atoms with van der Waals surface area (Å²) in [6.45, 7) is 4.29. The van der Waals surface area contributed by atoms with Crippen LogP contribution >= 0.6 is 0 Å². The molecule has 2 aliphatic rings. The van der Waals surface area contributed by atoms with Crippen molar-refractivity contribution in [2.75, 3.05) is 13.1 Å². The van der Waals surface area contributed by atoms with Gasteiger partial charge < -0.3 is 15.3 Å². The number of alkyl halides is 3. The first-order valence-corrected chi connectivity index (χ1v) is 11.8. The summed E-state index contributed by atoms with van der Waals surface area (Å²) in [7, 11) is 0. The average Bonchev–Trinajstić information content (AvgIpc) is 3.49. The fourth-order valence-electron chi connectivity index (χ4n) is 4.20. The Labute approximate surface area is 204 Å². The van der Waals surface area contributed by atoms with Crippen LogP contribution in [-0.2, 0) is 16.1 Å². The van der Waals surface area contributed by atoms with Gasteiger partial charge >= 0.3 is 6.36 Å². The number of halogens is 3. The van der Waals surface area contributed by atoms with Crippen molar-refractivity contribution in [3.05, 3.63) is 33.8 Å². The summed E-state index contributed by atoms with van der Waals surface area (Å²) in [5.74, 6) is -1.52. The molecule has 1 saturated carbocycles. The molecule has 0 bridgehead atoms. The van der Waals surface area contributed by atoms with Gasteiger partial charge in [0.15, 0.2) is 5.56 Å². The van der Waals surface area contributed by atoms with Crippen LogP contribution in [0, 0.1) is 5.92 Å². The first kappa shape index (κ1) is 25.7. The third-order valence-corrected chi connectivity index (χ3v) is 6.06. The standard InChI is InChI=1S/C23H28F3N5O5/c1-13(2)12-30-20-14(3-6-17(32)29-9-7-16(8-10-29)36-23(24,25)26)11-27-31(20)22(35)18(21(30)34)19(33)28-15-4-5-15/h3,6,11,13,15-16,34H,4-5,7-10,12H2,1-2H3,(H,28,33)/b6-3+. The summed E-state index contributed by atoms with van der Waals surface area (Å²) in [6.07, 6.45) is 0.0713. The van der Waals surface area contributed by atoms with Crippen LogP contribution in [-0.4, -0.2) is 67.6 Å². The molecular formula is C23H28F3N5O5. The van der Waals surface area contributed by atoms with Gasteiger partial charge in [-0.05, 0) is 37.7 Å². The fourth-order valence-corrected chi connectivity index (χ4v) is 4.20. The number of likely N-dealkylation sites (tertiary alicyclic amines) is 1. The quantitative estimate of drug-likeness (QED) is 0.551. The molecule has 0 aromatic carbocycles. The smallest absolute Gasteiger partial charge is 0.494 e. The first-order chi connectivity index (χ1) is 16.9. The molecule has 4 rings (SSSR count). The van der Waals surface area contributed by atoms with Crippen molar-refractivity contribution in [3.8, 4) is 5.88 Å². The lowest BCUT2D eigenvalue weighted by molar-refractivity contribution is -0.345. The number of piperidine rings is 1. The van der Waals surface area contributed by atoms with E-state index < -0.39 is 41.3 Å². The summed E-state index contributed by atoms with van der Waals surface area (Å²) in [6, 6.07) is -0.0160. The molecule has 2 aromatic rings. The Morgan fingerprint density at radius 2 is 1.92 bits per heavy atom. The number of hydrogen-bond acceptors (Lipinski definition) is 6. The molecule has 10 nitrogen and oxygen atoms in total. The largest absolute Gasteiger partial charge is 0.522 e. The molecule has 0 spiro atoms. The van der Waals surface area contributed by atoms with Crippen LogP contribution in [0.15, 0.2) is 17.1 Å². The molecule has 1 aliphatic heterocycles. The minimum atomic E-state index is -4.71. The van der Waals surface area contributed by atoms with Crippen LogP contribution < -0.4 is 10.9 Å². The van der Waals surface area contributed by atoms with E-state index in [2.05, 4.69) is 15.2 Å². The van der Waals surface area contributed by atoms with Gasteiger partial charge in [0.05, 0.1) is 12.3 Å². The molecule has 13 heteroatoms. The maximum atomic E-state index is 13.0. The van der Waals surface area contributed by atoms with E-state index in [9.17, 15) is 32.7 Å². The summed E-state index contributed by atoms with van der Waals surface area (Å²) in [5.41, 5.74) is -0.594. The topological polar surface area (TPSA) is 118 Å². The number of carbonyl (C=O) groups is 2. The van der Waals surface area contributed by atoms with Gasteiger partial charge in [-0.15, -0.1) is 13.2 Å². The lowest BCUT2D eigenvalue weighted by atomic mass is 10.1. The zero-order valence-corrected chi connectivity index (χ0v) is 19.9. The molecule has 3 heterocycles. The van der Waals surface area contributed by atoms with E-state index in [4.69, 9.17) is 0 Å².